The number of carbonyl (C=O) groups excluding carboxylic acids is 2. The normalized spacial score (nSPS) is 19.7. The van der Waals surface area contributed by atoms with Crippen molar-refractivity contribution in [1.29, 1.82) is 0 Å². The van der Waals surface area contributed by atoms with Crippen LogP contribution in [0.4, 0.5) is 0 Å². The van der Waals surface area contributed by atoms with Crippen LogP contribution >= 0.6 is 0 Å². The fourth-order valence-electron chi connectivity index (χ4n) is 2.60. The van der Waals surface area contributed by atoms with Gasteiger partial charge in [0.1, 0.15) is 0 Å². The summed E-state index contributed by atoms with van der Waals surface area (Å²) in [7, 11) is 1.64. The number of rotatable bonds is 3. The van der Waals surface area contributed by atoms with E-state index in [0.717, 1.165) is 12.1 Å². The fraction of sp³-hybridized carbons (Fsp3) is 0.467. The van der Waals surface area contributed by atoms with Crippen molar-refractivity contribution in [3.05, 3.63) is 35.9 Å². The van der Waals surface area contributed by atoms with Crippen LogP contribution in [0.15, 0.2) is 30.3 Å². The first-order valence-corrected chi connectivity index (χ1v) is 6.87. The van der Waals surface area contributed by atoms with Gasteiger partial charge >= 0.3 is 0 Å². The smallest absolute Gasteiger partial charge is 0.233 e. The molecule has 0 aliphatic carbocycles. The number of amides is 2. The van der Waals surface area contributed by atoms with E-state index < -0.39 is 0 Å². The molecule has 1 heterocycles. The van der Waals surface area contributed by atoms with Crippen molar-refractivity contribution in [2.45, 2.75) is 13.0 Å². The molecule has 0 spiro atoms. The van der Waals surface area contributed by atoms with Crippen molar-refractivity contribution in [1.82, 2.24) is 15.1 Å². The highest BCUT2D eigenvalue weighted by Gasteiger charge is 2.30. The minimum Gasteiger partial charge on any atom is -0.358 e. The Morgan fingerprint density at radius 2 is 1.95 bits per heavy atom. The third-order valence-electron chi connectivity index (χ3n) is 3.70. The molecule has 1 atom stereocenters. The standard InChI is InChI=1S/C15H21N3O2/c1-12(19)18-9-8-17(11-15(20)16-2)10-14(18)13-6-4-3-5-7-13/h3-7,14H,8-11H2,1-2H3,(H,16,20)/t14-/m1/s1. The lowest BCUT2D eigenvalue weighted by Crippen LogP contribution is -2.52. The molecule has 1 N–H and O–H groups in total. The number of benzene rings is 1. The fourth-order valence-corrected chi connectivity index (χ4v) is 2.60. The molecule has 5 heteroatoms. The van der Waals surface area contributed by atoms with Crippen LogP contribution in [0.5, 0.6) is 0 Å². The Kier molecular flexibility index (Phi) is 4.74. The zero-order valence-electron chi connectivity index (χ0n) is 12.0. The predicted molar refractivity (Wildman–Crippen MR) is 77.1 cm³/mol. The lowest BCUT2D eigenvalue weighted by molar-refractivity contribution is -0.134. The molecule has 5 nitrogen and oxygen atoms in total. The molecule has 0 saturated carbocycles. The van der Waals surface area contributed by atoms with Gasteiger partial charge in [0.2, 0.25) is 11.8 Å². The van der Waals surface area contributed by atoms with Gasteiger partial charge in [-0.1, -0.05) is 30.3 Å². The van der Waals surface area contributed by atoms with Crippen LogP contribution in [0.2, 0.25) is 0 Å². The van der Waals surface area contributed by atoms with E-state index in [4.69, 9.17) is 0 Å². The summed E-state index contributed by atoms with van der Waals surface area (Å²) >= 11 is 0. The predicted octanol–water partition coefficient (Wildman–Crippen LogP) is 0.638. The van der Waals surface area contributed by atoms with Crippen molar-refractivity contribution in [3.63, 3.8) is 0 Å². The lowest BCUT2D eigenvalue weighted by Gasteiger charge is -2.41. The number of nitrogens with zero attached hydrogens (tertiary/aromatic N) is 2. The first kappa shape index (κ1) is 14.5. The summed E-state index contributed by atoms with van der Waals surface area (Å²) in [5.41, 5.74) is 1.12. The maximum Gasteiger partial charge on any atom is 0.233 e. The third-order valence-corrected chi connectivity index (χ3v) is 3.70. The Labute approximate surface area is 119 Å². The highest BCUT2D eigenvalue weighted by molar-refractivity contribution is 5.78. The van der Waals surface area contributed by atoms with Crippen LogP contribution in [0, 0.1) is 0 Å². The van der Waals surface area contributed by atoms with E-state index >= 15 is 0 Å². The highest BCUT2D eigenvalue weighted by atomic mass is 16.2. The highest BCUT2D eigenvalue weighted by Crippen LogP contribution is 2.25. The second kappa shape index (κ2) is 6.52. The van der Waals surface area contributed by atoms with Gasteiger partial charge in [-0.05, 0) is 5.56 Å². The Balaban J connectivity index is 2.14. The summed E-state index contributed by atoms with van der Waals surface area (Å²) in [5, 5.41) is 2.64. The van der Waals surface area contributed by atoms with E-state index in [1.165, 1.54) is 0 Å². The van der Waals surface area contributed by atoms with Crippen LogP contribution in [0.3, 0.4) is 0 Å². The van der Waals surface area contributed by atoms with E-state index in [0.29, 0.717) is 19.6 Å². The van der Waals surface area contributed by atoms with Crippen LogP contribution in [0.25, 0.3) is 0 Å². The third kappa shape index (κ3) is 3.36. The van der Waals surface area contributed by atoms with Gasteiger partial charge in [-0.3, -0.25) is 14.5 Å². The van der Waals surface area contributed by atoms with Crippen molar-refractivity contribution in [2.75, 3.05) is 33.2 Å². The first-order valence-electron chi connectivity index (χ1n) is 6.87. The summed E-state index contributed by atoms with van der Waals surface area (Å²) in [6.07, 6.45) is 0. The minimum absolute atomic E-state index is 0.00749. The second-order valence-corrected chi connectivity index (χ2v) is 5.05. The monoisotopic (exact) mass is 275 g/mol. The van der Waals surface area contributed by atoms with Gasteiger partial charge in [0.15, 0.2) is 0 Å². The molecular formula is C15H21N3O2. The number of piperazine rings is 1. The summed E-state index contributed by atoms with van der Waals surface area (Å²) in [6.45, 7) is 4.06. The number of carbonyl (C=O) groups is 2. The van der Waals surface area contributed by atoms with Gasteiger partial charge in [-0.2, -0.15) is 0 Å². The SMILES string of the molecule is CNC(=O)CN1CCN(C(C)=O)[C@@H](c2ccccc2)C1. The number of hydrogen-bond donors (Lipinski definition) is 1. The average Bonchev–Trinajstić information content (AvgIpc) is 2.47. The molecule has 0 bridgehead atoms. The van der Waals surface area contributed by atoms with Crippen molar-refractivity contribution < 1.29 is 9.59 Å². The van der Waals surface area contributed by atoms with Crippen LogP contribution in [-0.2, 0) is 9.59 Å². The lowest BCUT2D eigenvalue weighted by atomic mass is 10.0. The van der Waals surface area contributed by atoms with Gasteiger partial charge in [-0.25, -0.2) is 0 Å². The van der Waals surface area contributed by atoms with Gasteiger partial charge in [0.05, 0.1) is 12.6 Å². The van der Waals surface area contributed by atoms with Crippen molar-refractivity contribution >= 4 is 11.8 Å². The van der Waals surface area contributed by atoms with Crippen molar-refractivity contribution in [2.24, 2.45) is 0 Å². The van der Waals surface area contributed by atoms with E-state index in [2.05, 4.69) is 10.2 Å². The number of nitrogens with one attached hydrogen (secondary N) is 1. The van der Waals surface area contributed by atoms with E-state index in [-0.39, 0.29) is 17.9 Å². The Morgan fingerprint density at radius 3 is 2.55 bits per heavy atom. The zero-order valence-corrected chi connectivity index (χ0v) is 12.0. The van der Waals surface area contributed by atoms with Crippen LogP contribution in [0.1, 0.15) is 18.5 Å². The first-order chi connectivity index (χ1) is 9.61. The largest absolute Gasteiger partial charge is 0.358 e. The Morgan fingerprint density at radius 1 is 1.25 bits per heavy atom. The molecule has 1 aromatic rings. The molecule has 20 heavy (non-hydrogen) atoms. The van der Waals surface area contributed by atoms with Gasteiger partial charge in [0, 0.05) is 33.6 Å². The molecule has 0 unspecified atom stereocenters. The molecule has 1 aliphatic rings. The van der Waals surface area contributed by atoms with E-state index in [1.54, 1.807) is 14.0 Å². The molecule has 0 radical (unpaired) electrons. The Bertz CT molecular complexity index is 475. The van der Waals surface area contributed by atoms with E-state index in [1.807, 2.05) is 35.2 Å². The molecule has 1 aliphatic heterocycles. The molecule has 1 fully saturated rings. The van der Waals surface area contributed by atoms with Crippen LogP contribution < -0.4 is 5.32 Å². The van der Waals surface area contributed by atoms with Crippen molar-refractivity contribution in [3.8, 4) is 0 Å². The quantitative estimate of drug-likeness (QED) is 0.880. The topological polar surface area (TPSA) is 52.7 Å². The van der Waals surface area contributed by atoms with Gasteiger partial charge in [0.25, 0.3) is 0 Å². The van der Waals surface area contributed by atoms with Gasteiger partial charge < -0.3 is 10.2 Å². The minimum atomic E-state index is 0.00749. The number of hydrogen-bond acceptors (Lipinski definition) is 3. The molecule has 0 aromatic heterocycles. The second-order valence-electron chi connectivity index (χ2n) is 5.05. The molecule has 1 aromatic carbocycles. The maximum atomic E-state index is 11.8. The Hall–Kier alpha value is -1.88. The maximum absolute atomic E-state index is 11.8. The summed E-state index contributed by atoms with van der Waals surface area (Å²) in [6, 6.07) is 10.0. The van der Waals surface area contributed by atoms with Crippen LogP contribution in [-0.4, -0.2) is 54.8 Å². The zero-order chi connectivity index (χ0) is 14.5. The van der Waals surface area contributed by atoms with Gasteiger partial charge in [-0.15, -0.1) is 0 Å². The molecule has 2 amide bonds. The molecular weight excluding hydrogens is 254 g/mol. The average molecular weight is 275 g/mol. The molecule has 108 valence electrons. The molecule has 2 rings (SSSR count). The van der Waals surface area contributed by atoms with E-state index in [9.17, 15) is 9.59 Å². The summed E-state index contributed by atoms with van der Waals surface area (Å²) in [5.74, 6) is 0.0894. The molecule has 1 saturated heterocycles. The summed E-state index contributed by atoms with van der Waals surface area (Å²) < 4.78 is 0. The summed E-state index contributed by atoms with van der Waals surface area (Å²) in [4.78, 5) is 27.3. The number of likely N-dealkylation sites (N-methyl/N-ethyl adjacent to an activating group) is 1.